The summed E-state index contributed by atoms with van der Waals surface area (Å²) < 4.78 is 6.71. The van der Waals surface area contributed by atoms with Gasteiger partial charge in [-0.05, 0) is 35.0 Å². The Morgan fingerprint density at radius 3 is 3.00 bits per heavy atom. The van der Waals surface area contributed by atoms with E-state index in [2.05, 4.69) is 15.5 Å². The molecule has 0 amide bonds. The Balaban J connectivity index is 2.25. The summed E-state index contributed by atoms with van der Waals surface area (Å²) in [7, 11) is 1.66. The van der Waals surface area contributed by atoms with Crippen LogP contribution in [0.2, 0.25) is 5.02 Å². The number of anilines is 1. The topological polar surface area (TPSA) is 78.8 Å². The van der Waals surface area contributed by atoms with Gasteiger partial charge in [-0.2, -0.15) is 0 Å². The third-order valence-electron chi connectivity index (χ3n) is 2.48. The van der Waals surface area contributed by atoms with Crippen molar-refractivity contribution in [2.45, 2.75) is 13.0 Å². The van der Waals surface area contributed by atoms with Gasteiger partial charge in [0, 0.05) is 31.5 Å². The van der Waals surface area contributed by atoms with E-state index in [1.54, 1.807) is 23.9 Å². The second-order valence-electron chi connectivity index (χ2n) is 3.81. The Morgan fingerprint density at radius 2 is 2.28 bits per heavy atom. The monoisotopic (exact) mass is 267 g/mol. The zero-order valence-electron chi connectivity index (χ0n) is 10.0. The van der Waals surface area contributed by atoms with Crippen molar-refractivity contribution < 1.29 is 4.74 Å². The van der Waals surface area contributed by atoms with Gasteiger partial charge in [0.15, 0.2) is 5.82 Å². The van der Waals surface area contributed by atoms with E-state index in [1.807, 2.05) is 6.07 Å². The summed E-state index contributed by atoms with van der Waals surface area (Å²) in [6.07, 6.45) is 0.834. The van der Waals surface area contributed by atoms with E-state index < -0.39 is 0 Å². The number of aromatic nitrogens is 4. The molecule has 0 aliphatic heterocycles. The van der Waals surface area contributed by atoms with Gasteiger partial charge in [-0.15, -0.1) is 5.10 Å². The quantitative estimate of drug-likeness (QED) is 0.658. The van der Waals surface area contributed by atoms with E-state index in [0.717, 1.165) is 12.0 Å². The summed E-state index contributed by atoms with van der Waals surface area (Å²) in [6.45, 7) is 1.34. The summed E-state index contributed by atoms with van der Waals surface area (Å²) >= 11 is 6.14. The van der Waals surface area contributed by atoms with Crippen LogP contribution in [0.3, 0.4) is 0 Å². The van der Waals surface area contributed by atoms with E-state index in [4.69, 9.17) is 22.1 Å². The summed E-state index contributed by atoms with van der Waals surface area (Å²) in [5.41, 5.74) is 7.04. The van der Waals surface area contributed by atoms with Gasteiger partial charge in [-0.25, -0.2) is 4.68 Å². The fourth-order valence-electron chi connectivity index (χ4n) is 1.62. The first-order valence-electron chi connectivity index (χ1n) is 5.53. The first kappa shape index (κ1) is 12.8. The Hall–Kier alpha value is -1.66. The minimum absolute atomic E-state index is 0.540. The number of aryl methyl sites for hydroxylation is 1. The van der Waals surface area contributed by atoms with Gasteiger partial charge >= 0.3 is 0 Å². The number of nitrogens with two attached hydrogens (primary N) is 1. The van der Waals surface area contributed by atoms with Crippen LogP contribution >= 0.6 is 11.6 Å². The van der Waals surface area contributed by atoms with Crippen molar-refractivity contribution in [1.29, 1.82) is 0 Å². The molecular weight excluding hydrogens is 254 g/mol. The Bertz CT molecular complexity index is 528. The zero-order valence-corrected chi connectivity index (χ0v) is 10.8. The van der Waals surface area contributed by atoms with Crippen LogP contribution in [0, 0.1) is 0 Å². The normalized spacial score (nSPS) is 10.8. The average Bonchev–Trinajstić information content (AvgIpc) is 2.78. The predicted molar refractivity (Wildman–Crippen MR) is 69.2 cm³/mol. The summed E-state index contributed by atoms with van der Waals surface area (Å²) in [5, 5.41) is 12.1. The molecule has 18 heavy (non-hydrogen) atoms. The first-order valence-corrected chi connectivity index (χ1v) is 5.90. The number of ether oxygens (including phenoxy) is 1. The maximum atomic E-state index is 6.14. The Morgan fingerprint density at radius 1 is 1.44 bits per heavy atom. The second kappa shape index (κ2) is 5.79. The molecular formula is C11H14ClN5O. The zero-order chi connectivity index (χ0) is 13.0. The molecule has 2 rings (SSSR count). The fraction of sp³-hybridized carbons (Fsp3) is 0.364. The lowest BCUT2D eigenvalue weighted by molar-refractivity contribution is 0.189. The third kappa shape index (κ3) is 2.77. The maximum absolute atomic E-state index is 6.14. The number of nitrogens with zero attached hydrogens (tertiary/aromatic N) is 4. The van der Waals surface area contributed by atoms with E-state index in [0.29, 0.717) is 29.7 Å². The van der Waals surface area contributed by atoms with Gasteiger partial charge in [0.25, 0.3) is 0 Å². The highest BCUT2D eigenvalue weighted by Gasteiger charge is 2.12. The van der Waals surface area contributed by atoms with Crippen LogP contribution in [0.5, 0.6) is 0 Å². The van der Waals surface area contributed by atoms with Crippen LogP contribution in [0.25, 0.3) is 11.4 Å². The van der Waals surface area contributed by atoms with Crippen LogP contribution < -0.4 is 5.73 Å². The van der Waals surface area contributed by atoms with E-state index in [1.165, 1.54) is 0 Å². The molecule has 0 saturated heterocycles. The number of nitrogen functional groups attached to an aromatic ring is 1. The number of benzene rings is 1. The molecule has 96 valence electrons. The molecule has 0 aliphatic rings. The van der Waals surface area contributed by atoms with Crippen molar-refractivity contribution in [1.82, 2.24) is 20.2 Å². The fourth-order valence-corrected chi connectivity index (χ4v) is 1.89. The smallest absolute Gasteiger partial charge is 0.183 e. The molecule has 0 fully saturated rings. The van der Waals surface area contributed by atoms with Gasteiger partial charge in [0.1, 0.15) is 0 Å². The number of halogens is 1. The average molecular weight is 268 g/mol. The molecule has 6 nitrogen and oxygen atoms in total. The third-order valence-corrected chi connectivity index (χ3v) is 2.80. The molecule has 0 atom stereocenters. The molecule has 2 N–H and O–H groups in total. The van der Waals surface area contributed by atoms with E-state index in [9.17, 15) is 0 Å². The number of rotatable bonds is 5. The summed E-state index contributed by atoms with van der Waals surface area (Å²) in [6, 6.07) is 5.27. The highest BCUT2D eigenvalue weighted by Crippen LogP contribution is 2.27. The van der Waals surface area contributed by atoms with E-state index >= 15 is 0 Å². The van der Waals surface area contributed by atoms with Crippen molar-refractivity contribution in [3.63, 3.8) is 0 Å². The molecule has 1 heterocycles. The number of methoxy groups -OCH3 is 1. The van der Waals surface area contributed by atoms with Crippen LogP contribution in [-0.4, -0.2) is 33.9 Å². The Labute approximate surface area is 110 Å². The first-order chi connectivity index (χ1) is 8.72. The second-order valence-corrected chi connectivity index (χ2v) is 4.22. The minimum Gasteiger partial charge on any atom is -0.399 e. The standard InChI is InChI=1S/C11H14ClN5O/c1-18-6-2-5-17-11(14-15-16-17)9-4-3-8(13)7-10(9)12/h3-4,7H,2,5-6,13H2,1H3. The van der Waals surface area contributed by atoms with Crippen molar-refractivity contribution in [2.24, 2.45) is 0 Å². The van der Waals surface area contributed by atoms with Gasteiger partial charge < -0.3 is 10.5 Å². The number of tetrazole rings is 1. The van der Waals surface area contributed by atoms with Gasteiger partial charge in [0.05, 0.1) is 5.02 Å². The summed E-state index contributed by atoms with van der Waals surface area (Å²) in [4.78, 5) is 0. The predicted octanol–water partition coefficient (Wildman–Crippen LogP) is 1.61. The van der Waals surface area contributed by atoms with Crippen LogP contribution in [0.15, 0.2) is 18.2 Å². The van der Waals surface area contributed by atoms with Crippen LogP contribution in [-0.2, 0) is 11.3 Å². The van der Waals surface area contributed by atoms with Crippen LogP contribution in [0.4, 0.5) is 5.69 Å². The number of hydrogen-bond donors (Lipinski definition) is 1. The molecule has 0 radical (unpaired) electrons. The lowest BCUT2D eigenvalue weighted by Crippen LogP contribution is -2.05. The van der Waals surface area contributed by atoms with Gasteiger partial charge in [-0.3, -0.25) is 0 Å². The largest absolute Gasteiger partial charge is 0.399 e. The van der Waals surface area contributed by atoms with Crippen molar-refractivity contribution in [2.75, 3.05) is 19.5 Å². The highest BCUT2D eigenvalue weighted by atomic mass is 35.5. The lowest BCUT2D eigenvalue weighted by atomic mass is 10.2. The molecule has 1 aromatic heterocycles. The molecule has 0 spiro atoms. The number of hydrogen-bond acceptors (Lipinski definition) is 5. The molecule has 7 heteroatoms. The van der Waals surface area contributed by atoms with E-state index in [-0.39, 0.29) is 0 Å². The summed E-state index contributed by atoms with van der Waals surface area (Å²) in [5.74, 6) is 0.635. The highest BCUT2D eigenvalue weighted by molar-refractivity contribution is 6.33. The van der Waals surface area contributed by atoms with Crippen molar-refractivity contribution >= 4 is 17.3 Å². The molecule has 2 aromatic rings. The SMILES string of the molecule is COCCCn1nnnc1-c1ccc(N)cc1Cl. The molecule has 0 aliphatic carbocycles. The van der Waals surface area contributed by atoms with Crippen molar-refractivity contribution in [3.05, 3.63) is 23.2 Å². The molecule has 1 aromatic carbocycles. The van der Waals surface area contributed by atoms with Gasteiger partial charge in [0.2, 0.25) is 0 Å². The minimum atomic E-state index is 0.540. The lowest BCUT2D eigenvalue weighted by Gasteiger charge is -2.06. The van der Waals surface area contributed by atoms with Crippen LogP contribution in [0.1, 0.15) is 6.42 Å². The molecule has 0 bridgehead atoms. The van der Waals surface area contributed by atoms with Gasteiger partial charge in [-0.1, -0.05) is 11.6 Å². The van der Waals surface area contributed by atoms with Crippen molar-refractivity contribution in [3.8, 4) is 11.4 Å². The Kier molecular flexibility index (Phi) is 4.11. The molecule has 0 saturated carbocycles. The molecule has 0 unspecified atom stereocenters. The maximum Gasteiger partial charge on any atom is 0.183 e.